The third-order valence-electron chi connectivity index (χ3n) is 5.12. The van der Waals surface area contributed by atoms with Crippen LogP contribution in [0.15, 0.2) is 42.5 Å². The Kier molecular flexibility index (Phi) is 6.60. The van der Waals surface area contributed by atoms with Crippen molar-refractivity contribution >= 4 is 27.3 Å². The fourth-order valence-electron chi connectivity index (χ4n) is 3.57. The molecule has 1 aliphatic rings. The van der Waals surface area contributed by atoms with E-state index in [-0.39, 0.29) is 12.2 Å². The second-order valence-corrected chi connectivity index (χ2v) is 9.27. The third kappa shape index (κ3) is 5.08. The van der Waals surface area contributed by atoms with Crippen molar-refractivity contribution in [3.8, 4) is 0 Å². The summed E-state index contributed by atoms with van der Waals surface area (Å²) in [5.41, 5.74) is 1.89. The van der Waals surface area contributed by atoms with Crippen LogP contribution in [0.1, 0.15) is 25.3 Å². The van der Waals surface area contributed by atoms with Gasteiger partial charge in [-0.2, -0.15) is 0 Å². The molecule has 2 aromatic rings. The predicted octanol–water partition coefficient (Wildman–Crippen LogP) is 3.04. The smallest absolute Gasteiger partial charge is 0.243 e. The number of nitrogens with zero attached hydrogens (tertiary/aromatic N) is 2. The minimum atomic E-state index is -3.91. The van der Waals surface area contributed by atoms with Gasteiger partial charge in [0, 0.05) is 31.4 Å². The zero-order chi connectivity index (χ0) is 21.9. The highest BCUT2D eigenvalue weighted by molar-refractivity contribution is 7.92. The molecule has 162 valence electrons. The number of hydrogen-bond donors (Lipinski definition) is 1. The number of benzene rings is 2. The van der Waals surface area contributed by atoms with Gasteiger partial charge in [-0.05, 0) is 49.6 Å². The van der Waals surface area contributed by atoms with Gasteiger partial charge in [0.05, 0.1) is 11.9 Å². The molecule has 0 saturated carbocycles. The van der Waals surface area contributed by atoms with Gasteiger partial charge in [0.25, 0.3) is 0 Å². The number of carbonyl (C=O) groups excluding carboxylic acids is 1. The van der Waals surface area contributed by atoms with Gasteiger partial charge in [0.2, 0.25) is 15.9 Å². The van der Waals surface area contributed by atoms with E-state index in [1.165, 1.54) is 19.8 Å². The highest BCUT2D eigenvalue weighted by Crippen LogP contribution is 2.23. The van der Waals surface area contributed by atoms with Gasteiger partial charge in [-0.1, -0.05) is 12.1 Å². The van der Waals surface area contributed by atoms with E-state index in [0.29, 0.717) is 0 Å². The Labute approximate surface area is 175 Å². The molecule has 6 nitrogen and oxygen atoms in total. The van der Waals surface area contributed by atoms with Gasteiger partial charge in [-0.3, -0.25) is 9.10 Å². The van der Waals surface area contributed by atoms with E-state index in [2.05, 4.69) is 10.2 Å². The minimum absolute atomic E-state index is 0.117. The molecule has 9 heteroatoms. The minimum Gasteiger partial charge on any atom is -0.372 e. The van der Waals surface area contributed by atoms with Crippen LogP contribution < -0.4 is 14.5 Å². The van der Waals surface area contributed by atoms with E-state index >= 15 is 0 Å². The van der Waals surface area contributed by atoms with E-state index in [1.807, 2.05) is 24.3 Å². The summed E-state index contributed by atoms with van der Waals surface area (Å²) in [4.78, 5) is 14.9. The summed E-state index contributed by atoms with van der Waals surface area (Å²) in [5.74, 6) is -2.83. The van der Waals surface area contributed by atoms with Crippen LogP contribution in [0.5, 0.6) is 0 Å². The average Bonchev–Trinajstić information content (AvgIpc) is 3.23. The fraction of sp³-hybridized carbons (Fsp3) is 0.381. The number of anilines is 2. The second kappa shape index (κ2) is 8.99. The van der Waals surface area contributed by atoms with E-state index in [1.54, 1.807) is 0 Å². The van der Waals surface area contributed by atoms with E-state index in [0.717, 1.165) is 53.1 Å². The van der Waals surface area contributed by atoms with E-state index in [9.17, 15) is 22.0 Å². The number of sulfonamides is 1. The van der Waals surface area contributed by atoms with Crippen LogP contribution in [0.2, 0.25) is 0 Å². The van der Waals surface area contributed by atoms with Crippen LogP contribution in [-0.4, -0.2) is 39.7 Å². The van der Waals surface area contributed by atoms with Crippen LogP contribution in [0.4, 0.5) is 20.2 Å². The Hall–Kier alpha value is -2.68. The summed E-state index contributed by atoms with van der Waals surface area (Å²) < 4.78 is 52.1. The van der Waals surface area contributed by atoms with Crippen molar-refractivity contribution in [1.29, 1.82) is 0 Å². The number of amides is 1. The summed E-state index contributed by atoms with van der Waals surface area (Å²) in [6.45, 7) is 3.70. The number of rotatable bonds is 7. The highest BCUT2D eigenvalue weighted by Gasteiger charge is 2.29. The van der Waals surface area contributed by atoms with E-state index < -0.39 is 33.6 Å². The lowest BCUT2D eigenvalue weighted by atomic mass is 10.2. The number of hydrogen-bond acceptors (Lipinski definition) is 4. The summed E-state index contributed by atoms with van der Waals surface area (Å²) in [7, 11) is -3.91. The van der Waals surface area contributed by atoms with Crippen LogP contribution in [0.25, 0.3) is 0 Å². The standard InChI is InChI=1S/C21H25F2N3O3S/c1-15(26(30(2,28)29)18-9-10-19(22)20(23)13-18)21(27)24-14-16-5-7-17(8-6-16)25-11-3-4-12-25/h5-10,13,15H,3-4,11-12,14H2,1-2H3,(H,24,27)/t15-/m1/s1. The lowest BCUT2D eigenvalue weighted by Crippen LogP contribution is -2.47. The topological polar surface area (TPSA) is 69.7 Å². The first kappa shape index (κ1) is 22.0. The largest absolute Gasteiger partial charge is 0.372 e. The summed E-state index contributed by atoms with van der Waals surface area (Å²) in [6, 6.07) is 9.41. The molecule has 0 spiro atoms. The quantitative estimate of drug-likeness (QED) is 0.723. The predicted molar refractivity (Wildman–Crippen MR) is 113 cm³/mol. The zero-order valence-corrected chi connectivity index (χ0v) is 17.8. The number of nitrogens with one attached hydrogen (secondary N) is 1. The molecule has 0 radical (unpaired) electrons. The summed E-state index contributed by atoms with van der Waals surface area (Å²) in [5, 5.41) is 2.71. The van der Waals surface area contributed by atoms with E-state index in [4.69, 9.17) is 0 Å². The van der Waals surface area contributed by atoms with Crippen molar-refractivity contribution < 1.29 is 22.0 Å². The molecular weight excluding hydrogens is 412 g/mol. The monoisotopic (exact) mass is 437 g/mol. The van der Waals surface area contributed by atoms with Gasteiger partial charge >= 0.3 is 0 Å². The second-order valence-electron chi connectivity index (χ2n) is 7.41. The fourth-order valence-corrected chi connectivity index (χ4v) is 4.73. The van der Waals surface area contributed by atoms with Crippen LogP contribution in [0, 0.1) is 11.6 Å². The lowest BCUT2D eigenvalue weighted by molar-refractivity contribution is -0.122. The van der Waals surface area contributed by atoms with Crippen molar-refractivity contribution in [3.63, 3.8) is 0 Å². The van der Waals surface area contributed by atoms with Gasteiger partial charge in [0.15, 0.2) is 11.6 Å². The normalized spacial score (nSPS) is 15.1. The lowest BCUT2D eigenvalue weighted by Gasteiger charge is -2.28. The zero-order valence-electron chi connectivity index (χ0n) is 16.9. The highest BCUT2D eigenvalue weighted by atomic mass is 32.2. The molecule has 1 aliphatic heterocycles. The maximum Gasteiger partial charge on any atom is 0.243 e. The first-order valence-corrected chi connectivity index (χ1v) is 11.6. The summed E-state index contributed by atoms with van der Waals surface area (Å²) in [6.07, 6.45) is 3.28. The molecule has 1 N–H and O–H groups in total. The maximum absolute atomic E-state index is 13.6. The molecule has 0 aliphatic carbocycles. The van der Waals surface area contributed by atoms with Gasteiger partial charge in [-0.15, -0.1) is 0 Å². The van der Waals surface area contributed by atoms with Gasteiger partial charge in [0.1, 0.15) is 6.04 Å². The Bertz CT molecular complexity index is 1010. The van der Waals surface area contributed by atoms with Crippen LogP contribution in [-0.2, 0) is 21.4 Å². The van der Waals surface area contributed by atoms with Gasteiger partial charge in [-0.25, -0.2) is 17.2 Å². The Morgan fingerprint density at radius 1 is 1.10 bits per heavy atom. The van der Waals surface area contributed by atoms with Crippen molar-refractivity contribution in [2.24, 2.45) is 0 Å². The van der Waals surface area contributed by atoms with Crippen molar-refractivity contribution in [2.45, 2.75) is 32.4 Å². The summed E-state index contributed by atoms with van der Waals surface area (Å²) >= 11 is 0. The Balaban J connectivity index is 1.68. The Morgan fingerprint density at radius 3 is 2.30 bits per heavy atom. The van der Waals surface area contributed by atoms with Crippen molar-refractivity contribution in [2.75, 3.05) is 28.6 Å². The SMILES string of the molecule is C[C@H](C(=O)NCc1ccc(N2CCCC2)cc1)N(c1ccc(F)c(F)c1)S(C)(=O)=O. The first-order valence-electron chi connectivity index (χ1n) is 9.73. The van der Waals surface area contributed by atoms with Crippen molar-refractivity contribution in [1.82, 2.24) is 5.32 Å². The average molecular weight is 438 g/mol. The number of carbonyl (C=O) groups is 1. The molecule has 1 atom stereocenters. The van der Waals surface area contributed by atoms with Gasteiger partial charge < -0.3 is 10.2 Å². The third-order valence-corrected chi connectivity index (χ3v) is 6.36. The molecule has 3 rings (SSSR count). The molecule has 1 amide bonds. The maximum atomic E-state index is 13.6. The molecule has 2 aromatic carbocycles. The van der Waals surface area contributed by atoms with Crippen LogP contribution >= 0.6 is 0 Å². The molecule has 1 fully saturated rings. The number of halogens is 2. The molecule has 1 saturated heterocycles. The van der Waals surface area contributed by atoms with Crippen molar-refractivity contribution in [3.05, 3.63) is 59.7 Å². The molecule has 30 heavy (non-hydrogen) atoms. The molecule has 0 unspecified atom stereocenters. The first-order chi connectivity index (χ1) is 14.2. The van der Waals surface area contributed by atoms with Crippen LogP contribution in [0.3, 0.4) is 0 Å². The molecular formula is C21H25F2N3O3S. The Morgan fingerprint density at radius 2 is 1.73 bits per heavy atom. The molecule has 0 aromatic heterocycles. The molecule has 1 heterocycles. The molecule has 0 bridgehead atoms.